The van der Waals surface area contributed by atoms with Crippen molar-refractivity contribution in [2.75, 3.05) is 6.61 Å². The van der Waals surface area contributed by atoms with Gasteiger partial charge in [0, 0.05) is 18.5 Å². The zero-order valence-electron chi connectivity index (χ0n) is 12.4. The van der Waals surface area contributed by atoms with E-state index in [0.29, 0.717) is 11.6 Å². The van der Waals surface area contributed by atoms with Crippen molar-refractivity contribution in [2.45, 2.75) is 0 Å². The molecule has 122 valence electrons. The van der Waals surface area contributed by atoms with Crippen LogP contribution in [0.4, 0.5) is 0 Å². The number of ether oxygens (including phenoxy) is 1. The number of imidazole rings is 1. The monoisotopic (exact) mass is 343 g/mol. The van der Waals surface area contributed by atoms with Crippen LogP contribution in [-0.4, -0.2) is 33.1 Å². The number of thiophene rings is 1. The number of aromatic nitrogens is 2. The van der Waals surface area contributed by atoms with E-state index in [9.17, 15) is 9.59 Å². The average molecular weight is 343 g/mol. The van der Waals surface area contributed by atoms with Crippen LogP contribution in [0.15, 0.2) is 48.8 Å². The van der Waals surface area contributed by atoms with Crippen molar-refractivity contribution in [3.8, 4) is 22.1 Å². The second kappa shape index (κ2) is 6.55. The van der Waals surface area contributed by atoms with Gasteiger partial charge in [0.1, 0.15) is 10.6 Å². The number of amides is 1. The minimum Gasteiger partial charge on any atom is -0.484 e. The molecule has 0 saturated heterocycles. The van der Waals surface area contributed by atoms with Gasteiger partial charge in [0.2, 0.25) is 0 Å². The number of benzene rings is 1. The third kappa shape index (κ3) is 3.28. The molecule has 3 aromatic rings. The van der Waals surface area contributed by atoms with Crippen molar-refractivity contribution in [3.05, 3.63) is 53.7 Å². The van der Waals surface area contributed by atoms with Gasteiger partial charge in [-0.3, -0.25) is 9.36 Å². The van der Waals surface area contributed by atoms with Crippen molar-refractivity contribution < 1.29 is 19.4 Å². The van der Waals surface area contributed by atoms with Gasteiger partial charge in [-0.2, -0.15) is 0 Å². The van der Waals surface area contributed by atoms with Crippen LogP contribution in [0.3, 0.4) is 0 Å². The summed E-state index contributed by atoms with van der Waals surface area (Å²) in [6.45, 7) is -0.201. The molecule has 0 aliphatic rings. The topological polar surface area (TPSA) is 107 Å². The molecule has 0 aliphatic carbocycles. The van der Waals surface area contributed by atoms with E-state index in [2.05, 4.69) is 4.98 Å². The fourth-order valence-corrected chi connectivity index (χ4v) is 2.98. The lowest BCUT2D eigenvalue weighted by molar-refractivity contribution is -0.119. The van der Waals surface area contributed by atoms with Gasteiger partial charge in [0.15, 0.2) is 12.4 Å². The number of nitrogens with zero attached hydrogens (tertiary/aromatic N) is 2. The first-order chi connectivity index (χ1) is 11.5. The molecule has 24 heavy (non-hydrogen) atoms. The molecule has 1 amide bonds. The summed E-state index contributed by atoms with van der Waals surface area (Å²) in [6.07, 6.45) is 3.40. The number of carbonyl (C=O) groups excluding carboxylic acids is 1. The van der Waals surface area contributed by atoms with E-state index in [4.69, 9.17) is 15.6 Å². The summed E-state index contributed by atoms with van der Waals surface area (Å²) in [5, 5.41) is 9.05. The lowest BCUT2D eigenvalue weighted by atomic mass is 10.3. The molecule has 3 N–H and O–H groups in total. The van der Waals surface area contributed by atoms with Gasteiger partial charge in [-0.25, -0.2) is 9.78 Å². The van der Waals surface area contributed by atoms with Crippen molar-refractivity contribution in [2.24, 2.45) is 5.73 Å². The Morgan fingerprint density at radius 1 is 1.29 bits per heavy atom. The van der Waals surface area contributed by atoms with Gasteiger partial charge in [-0.1, -0.05) is 6.07 Å². The average Bonchev–Trinajstić information content (AvgIpc) is 3.21. The fourth-order valence-electron chi connectivity index (χ4n) is 2.14. The number of hydrogen-bond donors (Lipinski definition) is 2. The van der Waals surface area contributed by atoms with Crippen LogP contribution in [0.5, 0.6) is 5.75 Å². The lowest BCUT2D eigenvalue weighted by Gasteiger charge is -2.09. The Balaban J connectivity index is 1.93. The summed E-state index contributed by atoms with van der Waals surface area (Å²) < 4.78 is 7.12. The highest BCUT2D eigenvalue weighted by Crippen LogP contribution is 2.29. The molecule has 0 radical (unpaired) electrons. The zero-order valence-corrected chi connectivity index (χ0v) is 13.2. The smallest absolute Gasteiger partial charge is 0.345 e. The predicted octanol–water partition coefficient (Wildman–Crippen LogP) is 2.16. The Labute approximate surface area is 140 Å². The van der Waals surface area contributed by atoms with Crippen LogP contribution in [0, 0.1) is 0 Å². The van der Waals surface area contributed by atoms with E-state index in [1.165, 1.54) is 0 Å². The second-order valence-corrected chi connectivity index (χ2v) is 5.93. The Morgan fingerprint density at radius 2 is 2.12 bits per heavy atom. The molecule has 0 atom stereocenters. The van der Waals surface area contributed by atoms with Crippen molar-refractivity contribution in [3.63, 3.8) is 0 Å². The fraction of sp³-hybridized carbons (Fsp3) is 0.0625. The van der Waals surface area contributed by atoms with Gasteiger partial charge in [-0.05, 0) is 24.3 Å². The summed E-state index contributed by atoms with van der Waals surface area (Å²) in [6, 6.07) is 10.4. The maximum atomic E-state index is 11.0. The van der Waals surface area contributed by atoms with Crippen molar-refractivity contribution in [1.29, 1.82) is 0 Å². The molecule has 8 heteroatoms. The molecule has 2 aromatic heterocycles. The van der Waals surface area contributed by atoms with Gasteiger partial charge in [0.25, 0.3) is 5.91 Å². The normalized spacial score (nSPS) is 10.5. The van der Waals surface area contributed by atoms with Crippen LogP contribution < -0.4 is 10.5 Å². The van der Waals surface area contributed by atoms with Gasteiger partial charge in [-0.15, -0.1) is 11.3 Å². The highest BCUT2D eigenvalue weighted by atomic mass is 32.1. The maximum absolute atomic E-state index is 11.0. The van der Waals surface area contributed by atoms with Crippen LogP contribution in [0.1, 0.15) is 9.67 Å². The quantitative estimate of drug-likeness (QED) is 0.713. The molecule has 0 aliphatic heterocycles. The molecular formula is C16H13N3O4S. The Morgan fingerprint density at radius 3 is 2.83 bits per heavy atom. The molecule has 0 spiro atoms. The largest absolute Gasteiger partial charge is 0.484 e. The van der Waals surface area contributed by atoms with E-state index < -0.39 is 11.9 Å². The predicted molar refractivity (Wildman–Crippen MR) is 88.5 cm³/mol. The SMILES string of the molecule is NC(=O)COc1cccc(-n2ccnc2-c2ccc(C(=O)O)s2)c1. The third-order valence-electron chi connectivity index (χ3n) is 3.15. The van der Waals surface area contributed by atoms with Crippen LogP contribution in [0.25, 0.3) is 16.4 Å². The highest BCUT2D eigenvalue weighted by molar-refractivity contribution is 7.17. The van der Waals surface area contributed by atoms with Crippen molar-refractivity contribution >= 4 is 23.2 Å². The summed E-state index contributed by atoms with van der Waals surface area (Å²) in [4.78, 5) is 27.1. The van der Waals surface area contributed by atoms with E-state index in [1.54, 1.807) is 42.7 Å². The summed E-state index contributed by atoms with van der Waals surface area (Å²) in [7, 11) is 0. The first kappa shape index (κ1) is 15.8. The Bertz CT molecular complexity index is 900. The van der Waals surface area contributed by atoms with Gasteiger partial charge in [0.05, 0.1) is 10.6 Å². The third-order valence-corrected chi connectivity index (χ3v) is 4.22. The second-order valence-electron chi connectivity index (χ2n) is 4.84. The maximum Gasteiger partial charge on any atom is 0.345 e. The van der Waals surface area contributed by atoms with Gasteiger partial charge < -0.3 is 15.6 Å². The van der Waals surface area contributed by atoms with Gasteiger partial charge >= 0.3 is 5.97 Å². The van der Waals surface area contributed by atoms with Crippen LogP contribution in [0.2, 0.25) is 0 Å². The minimum absolute atomic E-state index is 0.201. The molecule has 1 aromatic carbocycles. The number of primary amides is 1. The summed E-state index contributed by atoms with van der Waals surface area (Å²) in [5.74, 6) is -0.391. The molecule has 0 fully saturated rings. The van der Waals surface area contributed by atoms with Crippen molar-refractivity contribution in [1.82, 2.24) is 9.55 Å². The molecular weight excluding hydrogens is 330 g/mol. The van der Waals surface area contributed by atoms with Crippen LogP contribution >= 0.6 is 11.3 Å². The van der Waals surface area contributed by atoms with E-state index in [1.807, 2.05) is 10.6 Å². The van der Waals surface area contributed by atoms with E-state index in [0.717, 1.165) is 21.9 Å². The zero-order chi connectivity index (χ0) is 17.1. The molecule has 3 rings (SSSR count). The molecule has 0 unspecified atom stereocenters. The summed E-state index contributed by atoms with van der Waals surface area (Å²) in [5.41, 5.74) is 5.85. The first-order valence-electron chi connectivity index (χ1n) is 6.93. The lowest BCUT2D eigenvalue weighted by Crippen LogP contribution is -2.20. The molecule has 2 heterocycles. The molecule has 0 saturated carbocycles. The number of rotatable bonds is 6. The number of nitrogens with two attached hydrogens (primary N) is 1. The Kier molecular flexibility index (Phi) is 4.30. The number of aromatic carboxylic acids is 1. The van der Waals surface area contributed by atoms with Crippen LogP contribution in [-0.2, 0) is 4.79 Å². The number of carboxylic acids is 1. The number of carboxylic acid groups (broad SMARTS) is 1. The minimum atomic E-state index is -0.966. The number of carbonyl (C=O) groups is 2. The highest BCUT2D eigenvalue weighted by Gasteiger charge is 2.13. The number of hydrogen-bond acceptors (Lipinski definition) is 5. The van der Waals surface area contributed by atoms with E-state index >= 15 is 0 Å². The first-order valence-corrected chi connectivity index (χ1v) is 7.74. The summed E-state index contributed by atoms with van der Waals surface area (Å²) >= 11 is 1.15. The molecule has 0 bridgehead atoms. The van der Waals surface area contributed by atoms with E-state index in [-0.39, 0.29) is 11.5 Å². The standard InChI is InChI=1S/C16H13N3O4S/c17-14(20)9-23-11-3-1-2-10(8-11)19-7-6-18-15(19)12-4-5-13(24-12)16(21)22/h1-8H,9H2,(H2,17,20)(H,21,22). The Hall–Kier alpha value is -3.13. The molecule has 7 nitrogen and oxygen atoms in total.